The van der Waals surface area contributed by atoms with Gasteiger partial charge in [0.1, 0.15) is 5.78 Å². The van der Waals surface area contributed by atoms with Gasteiger partial charge in [-0.25, -0.2) is 0 Å². The maximum absolute atomic E-state index is 11.9. The quantitative estimate of drug-likeness (QED) is 0.641. The van der Waals surface area contributed by atoms with Crippen LogP contribution in [0.2, 0.25) is 0 Å². The van der Waals surface area contributed by atoms with Crippen molar-refractivity contribution in [2.45, 2.75) is 44.2 Å². The highest BCUT2D eigenvalue weighted by molar-refractivity contribution is 5.75. The van der Waals surface area contributed by atoms with Gasteiger partial charge in [0.15, 0.2) is 0 Å². The van der Waals surface area contributed by atoms with E-state index in [4.69, 9.17) is 0 Å². The van der Waals surface area contributed by atoms with E-state index in [1.807, 2.05) is 18.2 Å². The average molecular weight is 460 g/mol. The fourth-order valence-electron chi connectivity index (χ4n) is 5.22. The summed E-state index contributed by atoms with van der Waals surface area (Å²) in [7, 11) is 2.17. The normalized spacial score (nSPS) is 19.9. The van der Waals surface area contributed by atoms with E-state index in [0.29, 0.717) is 6.42 Å². The molecule has 2 saturated heterocycles. The molecule has 34 heavy (non-hydrogen) atoms. The Bertz CT molecular complexity index is 985. The fourth-order valence-corrected chi connectivity index (χ4v) is 5.22. The van der Waals surface area contributed by atoms with E-state index in [0.717, 1.165) is 69.8 Å². The molecule has 1 unspecified atom stereocenters. The first kappa shape index (κ1) is 24.3. The number of carbonyl (C=O) groups excluding carboxylic acids is 1. The Kier molecular flexibility index (Phi) is 7.87. The third-order valence-electron chi connectivity index (χ3n) is 7.47. The summed E-state index contributed by atoms with van der Waals surface area (Å²) in [6.45, 7) is 7.47. The largest absolute Gasteiger partial charge is 0.368 e. The first-order chi connectivity index (χ1) is 16.5. The number of carbonyl (C=O) groups is 1. The van der Waals surface area contributed by atoms with Gasteiger partial charge in [-0.05, 0) is 50.9 Å². The van der Waals surface area contributed by atoms with Crippen LogP contribution in [0.4, 0.5) is 11.4 Å². The Morgan fingerprint density at radius 3 is 2.29 bits per heavy atom. The van der Waals surface area contributed by atoms with Gasteiger partial charge in [-0.3, -0.25) is 4.90 Å². The number of nitrogens with zero attached hydrogens (tertiary/aromatic N) is 4. The summed E-state index contributed by atoms with van der Waals surface area (Å²) < 4.78 is 0. The van der Waals surface area contributed by atoms with Gasteiger partial charge in [0.05, 0.1) is 29.0 Å². The summed E-state index contributed by atoms with van der Waals surface area (Å²) in [6, 6.07) is 21.4. The molecule has 0 radical (unpaired) electrons. The van der Waals surface area contributed by atoms with E-state index in [-0.39, 0.29) is 11.9 Å². The van der Waals surface area contributed by atoms with Crippen LogP contribution < -0.4 is 10.2 Å². The number of likely N-dealkylation sites (tertiary alicyclic amines) is 1. The molecule has 0 amide bonds. The van der Waals surface area contributed by atoms with E-state index in [1.54, 1.807) is 6.92 Å². The standard InChI is InChI=1S/C28H37N5O/c1-23(34)12-13-27(30-25-10-6-7-11-26(25)32-20-18-31(2)19-21-32)33-16-14-28(22-29,15-17-33)24-8-4-3-5-9-24/h3-11,27,30H,12-21H2,1-2H3. The molecular weight excluding hydrogens is 422 g/mol. The van der Waals surface area contributed by atoms with Gasteiger partial charge in [0, 0.05) is 45.7 Å². The number of benzene rings is 2. The summed E-state index contributed by atoms with van der Waals surface area (Å²) in [6.07, 6.45) is 2.96. The molecule has 0 aromatic heterocycles. The lowest BCUT2D eigenvalue weighted by Gasteiger charge is -2.42. The first-order valence-electron chi connectivity index (χ1n) is 12.5. The molecule has 0 spiro atoms. The summed E-state index contributed by atoms with van der Waals surface area (Å²) >= 11 is 0. The second kappa shape index (κ2) is 11.0. The van der Waals surface area contributed by atoms with Gasteiger partial charge in [-0.2, -0.15) is 5.26 Å². The van der Waals surface area contributed by atoms with Gasteiger partial charge >= 0.3 is 0 Å². The third-order valence-corrected chi connectivity index (χ3v) is 7.47. The zero-order valence-electron chi connectivity index (χ0n) is 20.5. The smallest absolute Gasteiger partial charge is 0.129 e. The number of nitriles is 1. The molecular formula is C28H37N5O. The highest BCUT2D eigenvalue weighted by Crippen LogP contribution is 2.36. The van der Waals surface area contributed by atoms with Crippen LogP contribution in [0.25, 0.3) is 0 Å². The van der Waals surface area contributed by atoms with Crippen LogP contribution in [0.15, 0.2) is 54.6 Å². The molecule has 2 aliphatic rings. The van der Waals surface area contributed by atoms with Crippen molar-refractivity contribution >= 4 is 17.2 Å². The van der Waals surface area contributed by atoms with Crippen LogP contribution in [0.1, 0.15) is 38.2 Å². The number of rotatable bonds is 8. The van der Waals surface area contributed by atoms with E-state index in [1.165, 1.54) is 5.69 Å². The van der Waals surface area contributed by atoms with Crippen molar-refractivity contribution in [1.29, 1.82) is 5.26 Å². The molecule has 4 rings (SSSR count). The van der Waals surface area contributed by atoms with Crippen molar-refractivity contribution in [3.63, 3.8) is 0 Å². The molecule has 0 aliphatic carbocycles. The number of para-hydroxylation sites is 2. The monoisotopic (exact) mass is 459 g/mol. The van der Waals surface area contributed by atoms with E-state index in [9.17, 15) is 10.1 Å². The highest BCUT2D eigenvalue weighted by Gasteiger charge is 2.38. The second-order valence-corrected chi connectivity index (χ2v) is 9.80. The molecule has 2 heterocycles. The van der Waals surface area contributed by atoms with Crippen LogP contribution in [0.3, 0.4) is 0 Å². The molecule has 0 saturated carbocycles. The SMILES string of the molecule is CC(=O)CCC(Nc1ccccc1N1CCN(C)CC1)N1CCC(C#N)(c2ccccc2)CC1. The molecule has 2 aromatic rings. The number of hydrogen-bond acceptors (Lipinski definition) is 6. The number of nitrogens with one attached hydrogen (secondary N) is 1. The zero-order chi connectivity index (χ0) is 24.0. The number of likely N-dealkylation sites (N-methyl/N-ethyl adjacent to an activating group) is 1. The van der Waals surface area contributed by atoms with Crippen LogP contribution in [-0.4, -0.2) is 68.1 Å². The van der Waals surface area contributed by atoms with Crippen LogP contribution in [0, 0.1) is 11.3 Å². The summed E-state index contributed by atoms with van der Waals surface area (Å²) in [5.74, 6) is 0.215. The van der Waals surface area contributed by atoms with Gasteiger partial charge in [0.2, 0.25) is 0 Å². The average Bonchev–Trinajstić information content (AvgIpc) is 2.88. The third kappa shape index (κ3) is 5.60. The lowest BCUT2D eigenvalue weighted by atomic mass is 9.74. The predicted molar refractivity (Wildman–Crippen MR) is 138 cm³/mol. The molecule has 2 aromatic carbocycles. The second-order valence-electron chi connectivity index (χ2n) is 9.80. The zero-order valence-corrected chi connectivity index (χ0v) is 20.5. The maximum atomic E-state index is 11.9. The van der Waals surface area contributed by atoms with Crippen molar-refractivity contribution in [3.8, 4) is 6.07 Å². The van der Waals surface area contributed by atoms with Crippen LogP contribution in [-0.2, 0) is 10.2 Å². The fraction of sp³-hybridized carbons (Fsp3) is 0.500. The van der Waals surface area contributed by atoms with Crippen molar-refractivity contribution in [2.24, 2.45) is 0 Å². The van der Waals surface area contributed by atoms with Crippen molar-refractivity contribution in [3.05, 3.63) is 60.2 Å². The Morgan fingerprint density at radius 2 is 1.65 bits per heavy atom. The van der Waals surface area contributed by atoms with Crippen LogP contribution >= 0.6 is 0 Å². The topological polar surface area (TPSA) is 62.6 Å². The molecule has 1 N–H and O–H groups in total. The number of Topliss-reactive ketones (excluding diaryl/α,β-unsaturated/α-hetero) is 1. The highest BCUT2D eigenvalue weighted by atomic mass is 16.1. The molecule has 180 valence electrons. The van der Waals surface area contributed by atoms with Gasteiger partial charge in [-0.15, -0.1) is 0 Å². The maximum Gasteiger partial charge on any atom is 0.129 e. The van der Waals surface area contributed by atoms with Gasteiger partial charge < -0.3 is 19.9 Å². The molecule has 6 heteroatoms. The Labute approximate surface area is 204 Å². The predicted octanol–water partition coefficient (Wildman–Crippen LogP) is 4.10. The molecule has 1 atom stereocenters. The van der Waals surface area contributed by atoms with Crippen molar-refractivity contribution < 1.29 is 4.79 Å². The Balaban J connectivity index is 1.50. The van der Waals surface area contributed by atoms with Gasteiger partial charge in [-0.1, -0.05) is 42.5 Å². The number of hydrogen-bond donors (Lipinski definition) is 1. The minimum Gasteiger partial charge on any atom is -0.368 e. The number of ketones is 1. The number of piperazine rings is 1. The molecule has 2 aliphatic heterocycles. The van der Waals surface area contributed by atoms with Gasteiger partial charge in [0.25, 0.3) is 0 Å². The summed E-state index contributed by atoms with van der Waals surface area (Å²) in [5, 5.41) is 13.9. The molecule has 2 fully saturated rings. The lowest BCUT2D eigenvalue weighted by Crippen LogP contribution is -2.49. The number of anilines is 2. The lowest BCUT2D eigenvalue weighted by molar-refractivity contribution is -0.117. The first-order valence-corrected chi connectivity index (χ1v) is 12.5. The summed E-state index contributed by atoms with van der Waals surface area (Å²) in [4.78, 5) is 19.1. The molecule has 0 bridgehead atoms. The van der Waals surface area contributed by atoms with E-state index in [2.05, 4.69) is 69.5 Å². The summed E-state index contributed by atoms with van der Waals surface area (Å²) in [5.41, 5.74) is 3.04. The minimum absolute atomic E-state index is 0.0602. The van der Waals surface area contributed by atoms with E-state index >= 15 is 0 Å². The minimum atomic E-state index is -0.430. The van der Waals surface area contributed by atoms with Crippen molar-refractivity contribution in [2.75, 3.05) is 56.5 Å². The van der Waals surface area contributed by atoms with E-state index < -0.39 is 5.41 Å². The Hall–Kier alpha value is -2.88. The van der Waals surface area contributed by atoms with Crippen LogP contribution in [0.5, 0.6) is 0 Å². The molecule has 6 nitrogen and oxygen atoms in total. The Morgan fingerprint density at radius 1 is 1.00 bits per heavy atom. The van der Waals surface area contributed by atoms with Crippen molar-refractivity contribution in [1.82, 2.24) is 9.80 Å². The number of piperidine rings is 1.